The fourth-order valence-electron chi connectivity index (χ4n) is 3.54. The number of halogens is 2. The molecule has 4 aromatic rings. The van der Waals surface area contributed by atoms with E-state index in [0.717, 1.165) is 28.4 Å². The van der Waals surface area contributed by atoms with Crippen LogP contribution in [0.4, 0.5) is 20.2 Å². The van der Waals surface area contributed by atoms with Crippen molar-refractivity contribution in [2.24, 2.45) is 5.73 Å². The first-order valence-electron chi connectivity index (χ1n) is 10.2. The van der Waals surface area contributed by atoms with E-state index in [9.17, 15) is 28.5 Å². The van der Waals surface area contributed by atoms with Crippen molar-refractivity contribution in [3.63, 3.8) is 0 Å². The molecule has 4 rings (SSSR count). The average Bonchev–Trinajstić information content (AvgIpc) is 3.50. The Hall–Kier alpha value is -4.27. The second-order valence-corrected chi connectivity index (χ2v) is 8.43. The number of aromatic nitrogens is 5. The van der Waals surface area contributed by atoms with Gasteiger partial charge in [0.15, 0.2) is 0 Å². The van der Waals surface area contributed by atoms with Crippen molar-refractivity contribution in [2.45, 2.75) is 33.4 Å². The highest BCUT2D eigenvalue weighted by Gasteiger charge is 2.26. The Balaban J connectivity index is 1.85. The lowest BCUT2D eigenvalue weighted by molar-refractivity contribution is -0.385. The minimum Gasteiger partial charge on any atom is -0.365 e. The first-order valence-corrected chi connectivity index (χ1v) is 11.0. The molecule has 0 aliphatic heterocycles. The number of aryl methyl sites for hydroxylation is 2. The Bertz CT molecular complexity index is 1480. The van der Waals surface area contributed by atoms with E-state index in [4.69, 9.17) is 5.73 Å². The van der Waals surface area contributed by atoms with Crippen molar-refractivity contribution >= 4 is 44.7 Å². The van der Waals surface area contributed by atoms with Crippen LogP contribution in [-0.4, -0.2) is 41.3 Å². The molecule has 0 aromatic carbocycles. The molecule has 0 radical (unpaired) electrons. The maximum Gasteiger partial charge on any atom is 0.307 e. The van der Waals surface area contributed by atoms with Gasteiger partial charge >= 0.3 is 5.69 Å². The van der Waals surface area contributed by atoms with E-state index in [0.29, 0.717) is 23.4 Å². The first kappa shape index (κ1) is 23.9. The van der Waals surface area contributed by atoms with Gasteiger partial charge in [0.2, 0.25) is 5.91 Å². The van der Waals surface area contributed by atoms with Crippen molar-refractivity contribution in [1.29, 1.82) is 0 Å². The molecule has 0 saturated heterocycles. The first-order chi connectivity index (χ1) is 16.6. The molecule has 0 atom stereocenters. The number of anilines is 1. The SMILES string of the molecule is CCn1cc(-c2cc(C(F)F)nc3sc(C(N)=O)c(NC(=O)Cn4cc([N+](=O)[O-])cn4)c23)c(C)n1. The summed E-state index contributed by atoms with van der Waals surface area (Å²) < 4.78 is 30.0. The monoisotopic (exact) mass is 504 g/mol. The number of primary amides is 1. The quantitative estimate of drug-likeness (QED) is 0.275. The van der Waals surface area contributed by atoms with Crippen LogP contribution in [0.5, 0.6) is 0 Å². The van der Waals surface area contributed by atoms with Gasteiger partial charge in [-0.15, -0.1) is 11.3 Å². The Kier molecular flexibility index (Phi) is 6.26. The average molecular weight is 504 g/mol. The Morgan fingerprint density at radius 2 is 2.03 bits per heavy atom. The van der Waals surface area contributed by atoms with Crippen LogP contribution in [-0.2, 0) is 17.9 Å². The number of nitrogens with one attached hydrogen (secondary N) is 1. The number of nitrogens with zero attached hydrogens (tertiary/aromatic N) is 6. The summed E-state index contributed by atoms with van der Waals surface area (Å²) in [7, 11) is 0. The van der Waals surface area contributed by atoms with Gasteiger partial charge in [0.1, 0.15) is 34.3 Å². The van der Waals surface area contributed by atoms with Gasteiger partial charge < -0.3 is 11.1 Å². The summed E-state index contributed by atoms with van der Waals surface area (Å²) in [5, 5.41) is 21.8. The van der Waals surface area contributed by atoms with Gasteiger partial charge in [-0.1, -0.05) is 0 Å². The Labute approximate surface area is 199 Å². The highest BCUT2D eigenvalue weighted by molar-refractivity contribution is 7.21. The van der Waals surface area contributed by atoms with Gasteiger partial charge in [-0.3, -0.25) is 29.1 Å². The number of thiophene rings is 1. The number of hydrogen-bond acceptors (Lipinski definition) is 8. The van der Waals surface area contributed by atoms with Crippen LogP contribution in [0, 0.1) is 17.0 Å². The lowest BCUT2D eigenvalue weighted by Crippen LogP contribution is -2.21. The molecule has 0 aliphatic carbocycles. The smallest absolute Gasteiger partial charge is 0.307 e. The van der Waals surface area contributed by atoms with Crippen molar-refractivity contribution in [3.05, 3.63) is 51.0 Å². The van der Waals surface area contributed by atoms with Gasteiger partial charge in [0.25, 0.3) is 12.3 Å². The highest BCUT2D eigenvalue weighted by Crippen LogP contribution is 2.43. The van der Waals surface area contributed by atoms with Crippen molar-refractivity contribution < 1.29 is 23.3 Å². The number of pyridine rings is 1. The third-order valence-electron chi connectivity index (χ3n) is 5.09. The Morgan fingerprint density at radius 1 is 1.29 bits per heavy atom. The molecule has 0 saturated carbocycles. The second-order valence-electron chi connectivity index (χ2n) is 7.43. The normalized spacial score (nSPS) is 11.3. The number of fused-ring (bicyclic) bond motifs is 1. The number of carbonyl (C=O) groups excluding carboxylic acids is 2. The molecule has 35 heavy (non-hydrogen) atoms. The van der Waals surface area contributed by atoms with Crippen LogP contribution in [0.3, 0.4) is 0 Å². The molecule has 12 nitrogen and oxygen atoms in total. The van der Waals surface area contributed by atoms with Gasteiger partial charge in [-0.05, 0) is 25.5 Å². The van der Waals surface area contributed by atoms with Crippen molar-refractivity contribution in [2.75, 3.05) is 5.32 Å². The minimum atomic E-state index is -2.88. The summed E-state index contributed by atoms with van der Waals surface area (Å²) in [5.41, 5.74) is 6.10. The third kappa shape index (κ3) is 4.57. The molecule has 2 amide bonds. The number of nitrogens with two attached hydrogens (primary N) is 1. The molecule has 4 aromatic heterocycles. The van der Waals surface area contributed by atoms with Crippen LogP contribution in [0.1, 0.15) is 34.4 Å². The number of nitro groups is 1. The third-order valence-corrected chi connectivity index (χ3v) is 6.19. The fourth-order valence-corrected chi connectivity index (χ4v) is 4.55. The molecule has 4 heterocycles. The van der Waals surface area contributed by atoms with E-state index in [2.05, 4.69) is 20.5 Å². The summed E-state index contributed by atoms with van der Waals surface area (Å²) >= 11 is 0.774. The van der Waals surface area contributed by atoms with Crippen molar-refractivity contribution in [1.82, 2.24) is 24.5 Å². The number of hydrogen-bond donors (Lipinski definition) is 2. The maximum absolute atomic E-state index is 13.6. The van der Waals surface area contributed by atoms with E-state index in [-0.39, 0.29) is 26.5 Å². The van der Waals surface area contributed by atoms with E-state index in [1.165, 1.54) is 6.07 Å². The summed E-state index contributed by atoms with van der Waals surface area (Å²) in [6, 6.07) is 1.20. The standard InChI is InChI=1S/C20H18F2N8O4S/c1-3-28-7-12(9(2)27-28)11-4-13(18(21)22)25-20-15(11)16(17(35-20)19(23)32)26-14(31)8-29-6-10(5-24-29)30(33)34/h4-7,18H,3,8H2,1-2H3,(H2,23,32)(H,26,31). The Morgan fingerprint density at radius 3 is 2.60 bits per heavy atom. The molecular formula is C20H18F2N8O4S. The van der Waals surface area contributed by atoms with Gasteiger partial charge in [0, 0.05) is 23.7 Å². The molecule has 0 spiro atoms. The fraction of sp³-hybridized carbons (Fsp3) is 0.250. The van der Waals surface area contributed by atoms with E-state index >= 15 is 0 Å². The summed E-state index contributed by atoms with van der Waals surface area (Å²) in [6.07, 6.45) is 0.858. The van der Waals surface area contributed by atoms with E-state index in [1.807, 2.05) is 6.92 Å². The highest BCUT2D eigenvalue weighted by atomic mass is 32.1. The molecule has 0 aliphatic rings. The van der Waals surface area contributed by atoms with Crippen molar-refractivity contribution in [3.8, 4) is 11.1 Å². The molecule has 0 bridgehead atoms. The van der Waals surface area contributed by atoms with Gasteiger partial charge in [0.05, 0.1) is 16.3 Å². The zero-order chi connectivity index (χ0) is 25.4. The van der Waals surface area contributed by atoms with Crippen LogP contribution in [0.2, 0.25) is 0 Å². The van der Waals surface area contributed by atoms with Gasteiger partial charge in [-0.2, -0.15) is 10.2 Å². The van der Waals surface area contributed by atoms with Crippen LogP contribution in [0.25, 0.3) is 21.3 Å². The molecule has 0 fully saturated rings. The molecular weight excluding hydrogens is 486 g/mol. The van der Waals surface area contributed by atoms with E-state index in [1.54, 1.807) is 17.8 Å². The predicted molar refractivity (Wildman–Crippen MR) is 122 cm³/mol. The minimum absolute atomic E-state index is 0.0103. The van der Waals surface area contributed by atoms with Gasteiger partial charge in [-0.25, -0.2) is 13.8 Å². The molecule has 0 unspecified atom stereocenters. The summed E-state index contributed by atoms with van der Waals surface area (Å²) in [6.45, 7) is 3.70. The van der Waals surface area contributed by atoms with Crippen LogP contribution < -0.4 is 11.1 Å². The number of alkyl halides is 2. The maximum atomic E-state index is 13.6. The summed E-state index contributed by atoms with van der Waals surface area (Å²) in [5.74, 6) is -1.56. The predicted octanol–water partition coefficient (Wildman–Crippen LogP) is 3.27. The number of rotatable bonds is 8. The second kappa shape index (κ2) is 9.17. The van der Waals surface area contributed by atoms with Crippen LogP contribution in [0.15, 0.2) is 24.7 Å². The molecule has 3 N–H and O–H groups in total. The van der Waals surface area contributed by atoms with E-state index < -0.39 is 35.4 Å². The zero-order valence-corrected chi connectivity index (χ0v) is 19.2. The largest absolute Gasteiger partial charge is 0.365 e. The van der Waals surface area contributed by atoms with Crippen LogP contribution >= 0.6 is 11.3 Å². The summed E-state index contributed by atoms with van der Waals surface area (Å²) in [4.78, 5) is 39.1. The lowest BCUT2D eigenvalue weighted by atomic mass is 10.0. The molecule has 182 valence electrons. The lowest BCUT2D eigenvalue weighted by Gasteiger charge is -2.10. The topological polar surface area (TPSA) is 164 Å². The molecule has 15 heteroatoms. The number of carbonyl (C=O) groups is 2. The number of amides is 2. The zero-order valence-electron chi connectivity index (χ0n) is 18.4.